The van der Waals surface area contributed by atoms with Crippen LogP contribution in [0.25, 0.3) is 0 Å². The number of nitrogens with one attached hydrogen (secondary N) is 1. The Labute approximate surface area is 124 Å². The summed E-state index contributed by atoms with van der Waals surface area (Å²) in [6.07, 6.45) is 6.73. The fraction of sp³-hybridized carbons (Fsp3) is 1.00. The predicted octanol–water partition coefficient (Wildman–Crippen LogP) is 2.15. The van der Waals surface area contributed by atoms with Gasteiger partial charge in [0.25, 0.3) is 0 Å². The smallest absolute Gasteiger partial charge is 0.0594 e. The van der Waals surface area contributed by atoms with E-state index in [-0.39, 0.29) is 5.54 Å². The molecular formula is C16H33N3O. The molecule has 4 heteroatoms. The Morgan fingerprint density at radius 3 is 2.60 bits per heavy atom. The van der Waals surface area contributed by atoms with E-state index in [4.69, 9.17) is 10.6 Å². The zero-order valence-electron chi connectivity index (χ0n) is 13.5. The highest BCUT2D eigenvalue weighted by Gasteiger charge is 2.41. The van der Waals surface area contributed by atoms with Crippen molar-refractivity contribution in [2.45, 2.75) is 64.5 Å². The number of hydrogen-bond donors (Lipinski definition) is 2. The zero-order chi connectivity index (χ0) is 14.6. The van der Waals surface area contributed by atoms with Crippen LogP contribution in [0.1, 0.15) is 52.9 Å². The topological polar surface area (TPSA) is 50.5 Å². The molecule has 3 atom stereocenters. The minimum Gasteiger partial charge on any atom is -0.379 e. The Kier molecular flexibility index (Phi) is 5.84. The van der Waals surface area contributed by atoms with E-state index in [2.05, 4.69) is 31.1 Å². The van der Waals surface area contributed by atoms with Gasteiger partial charge in [-0.2, -0.15) is 0 Å². The van der Waals surface area contributed by atoms with E-state index in [1.54, 1.807) is 0 Å². The van der Waals surface area contributed by atoms with Gasteiger partial charge in [0.15, 0.2) is 0 Å². The number of hydrazine groups is 1. The summed E-state index contributed by atoms with van der Waals surface area (Å²) in [5, 5.41) is 0. The molecule has 1 heterocycles. The SMILES string of the molecule is CCC1CCCC(C(NN)C(C)(C)N2CCOCC2)C1. The van der Waals surface area contributed by atoms with Gasteiger partial charge in [-0.1, -0.05) is 26.2 Å². The molecule has 0 aromatic carbocycles. The molecule has 2 fully saturated rings. The molecule has 2 aliphatic rings. The summed E-state index contributed by atoms with van der Waals surface area (Å²) in [6, 6.07) is 0.370. The molecule has 2 rings (SSSR count). The maximum atomic E-state index is 5.98. The summed E-state index contributed by atoms with van der Waals surface area (Å²) >= 11 is 0. The molecule has 1 saturated heterocycles. The molecule has 0 aromatic heterocycles. The third-order valence-corrected chi connectivity index (χ3v) is 5.64. The van der Waals surface area contributed by atoms with Gasteiger partial charge in [-0.3, -0.25) is 16.2 Å². The van der Waals surface area contributed by atoms with Crippen molar-refractivity contribution in [3.63, 3.8) is 0 Å². The van der Waals surface area contributed by atoms with Crippen molar-refractivity contribution < 1.29 is 4.74 Å². The Bertz CT molecular complexity index is 289. The zero-order valence-corrected chi connectivity index (χ0v) is 13.5. The first kappa shape index (κ1) is 16.2. The van der Waals surface area contributed by atoms with Crippen molar-refractivity contribution >= 4 is 0 Å². The largest absolute Gasteiger partial charge is 0.379 e. The number of nitrogens with zero attached hydrogens (tertiary/aromatic N) is 1. The number of nitrogens with two attached hydrogens (primary N) is 1. The second kappa shape index (κ2) is 7.21. The average molecular weight is 283 g/mol. The van der Waals surface area contributed by atoms with E-state index in [9.17, 15) is 0 Å². The summed E-state index contributed by atoms with van der Waals surface area (Å²) in [7, 11) is 0. The molecule has 1 saturated carbocycles. The van der Waals surface area contributed by atoms with Crippen molar-refractivity contribution in [3.8, 4) is 0 Å². The molecule has 0 spiro atoms. The van der Waals surface area contributed by atoms with Crippen LogP contribution in [0.4, 0.5) is 0 Å². The predicted molar refractivity (Wildman–Crippen MR) is 83.3 cm³/mol. The van der Waals surface area contributed by atoms with Crippen LogP contribution >= 0.6 is 0 Å². The molecule has 4 nitrogen and oxygen atoms in total. The standard InChI is InChI=1S/C16H33N3O/c1-4-13-6-5-7-14(12-13)15(18-17)16(2,3)19-8-10-20-11-9-19/h13-15,18H,4-12,17H2,1-3H3. The number of ether oxygens (including phenoxy) is 1. The Balaban J connectivity index is 2.04. The van der Waals surface area contributed by atoms with E-state index in [0.29, 0.717) is 12.0 Å². The molecule has 118 valence electrons. The summed E-state index contributed by atoms with van der Waals surface area (Å²) in [4.78, 5) is 2.55. The highest BCUT2D eigenvalue weighted by Crippen LogP contribution is 2.37. The van der Waals surface area contributed by atoms with Gasteiger partial charge in [0.2, 0.25) is 0 Å². The fourth-order valence-corrected chi connectivity index (χ4v) is 4.26. The van der Waals surface area contributed by atoms with Crippen LogP contribution in [0, 0.1) is 11.8 Å². The maximum Gasteiger partial charge on any atom is 0.0594 e. The second-order valence-corrected chi connectivity index (χ2v) is 7.10. The monoisotopic (exact) mass is 283 g/mol. The Hall–Kier alpha value is -0.160. The van der Waals surface area contributed by atoms with Crippen LogP contribution in [0.15, 0.2) is 0 Å². The summed E-state index contributed by atoms with van der Waals surface area (Å²) in [5.41, 5.74) is 3.27. The lowest BCUT2D eigenvalue weighted by atomic mass is 9.71. The number of hydrogen-bond acceptors (Lipinski definition) is 4. The molecule has 1 aliphatic heterocycles. The molecule has 1 aliphatic carbocycles. The number of rotatable bonds is 5. The van der Waals surface area contributed by atoms with Crippen LogP contribution in [-0.4, -0.2) is 42.8 Å². The third kappa shape index (κ3) is 3.53. The van der Waals surface area contributed by atoms with Gasteiger partial charge in [0.1, 0.15) is 0 Å². The lowest BCUT2D eigenvalue weighted by Crippen LogP contribution is -2.64. The van der Waals surface area contributed by atoms with E-state index in [0.717, 1.165) is 32.2 Å². The summed E-state index contributed by atoms with van der Waals surface area (Å²) in [6.45, 7) is 10.8. The van der Waals surface area contributed by atoms with E-state index in [1.165, 1.54) is 32.1 Å². The Morgan fingerprint density at radius 1 is 1.30 bits per heavy atom. The minimum absolute atomic E-state index is 0.0961. The van der Waals surface area contributed by atoms with Gasteiger partial charge >= 0.3 is 0 Å². The van der Waals surface area contributed by atoms with Gasteiger partial charge in [-0.05, 0) is 38.5 Å². The molecule has 3 unspecified atom stereocenters. The molecule has 20 heavy (non-hydrogen) atoms. The lowest BCUT2D eigenvalue weighted by Gasteiger charge is -2.49. The first-order chi connectivity index (χ1) is 9.59. The van der Waals surface area contributed by atoms with E-state index >= 15 is 0 Å². The molecule has 0 amide bonds. The Morgan fingerprint density at radius 2 is 2.00 bits per heavy atom. The van der Waals surface area contributed by atoms with Crippen molar-refractivity contribution in [1.29, 1.82) is 0 Å². The van der Waals surface area contributed by atoms with Crippen LogP contribution in [-0.2, 0) is 4.74 Å². The molecule has 0 bridgehead atoms. The summed E-state index contributed by atoms with van der Waals surface area (Å²) < 4.78 is 5.49. The second-order valence-electron chi connectivity index (χ2n) is 7.10. The minimum atomic E-state index is 0.0961. The normalized spacial score (nSPS) is 31.2. The lowest BCUT2D eigenvalue weighted by molar-refractivity contribution is -0.0362. The summed E-state index contributed by atoms with van der Waals surface area (Å²) in [5.74, 6) is 7.57. The van der Waals surface area contributed by atoms with Crippen LogP contribution in [0.3, 0.4) is 0 Å². The average Bonchev–Trinajstić information content (AvgIpc) is 2.49. The quantitative estimate of drug-likeness (QED) is 0.599. The van der Waals surface area contributed by atoms with Gasteiger partial charge < -0.3 is 4.74 Å². The van der Waals surface area contributed by atoms with E-state index < -0.39 is 0 Å². The van der Waals surface area contributed by atoms with Crippen molar-refractivity contribution in [3.05, 3.63) is 0 Å². The van der Waals surface area contributed by atoms with Gasteiger partial charge in [0.05, 0.1) is 13.2 Å². The number of morpholine rings is 1. The highest BCUT2D eigenvalue weighted by atomic mass is 16.5. The van der Waals surface area contributed by atoms with E-state index in [1.807, 2.05) is 0 Å². The van der Waals surface area contributed by atoms with Crippen molar-refractivity contribution in [2.75, 3.05) is 26.3 Å². The van der Waals surface area contributed by atoms with Crippen LogP contribution in [0.5, 0.6) is 0 Å². The van der Waals surface area contributed by atoms with Gasteiger partial charge in [0, 0.05) is 24.7 Å². The van der Waals surface area contributed by atoms with Crippen LogP contribution in [0.2, 0.25) is 0 Å². The fourth-order valence-electron chi connectivity index (χ4n) is 4.26. The first-order valence-corrected chi connectivity index (χ1v) is 8.38. The van der Waals surface area contributed by atoms with Gasteiger partial charge in [-0.15, -0.1) is 0 Å². The third-order valence-electron chi connectivity index (χ3n) is 5.64. The molecule has 0 aromatic rings. The first-order valence-electron chi connectivity index (χ1n) is 8.38. The van der Waals surface area contributed by atoms with Gasteiger partial charge in [-0.25, -0.2) is 0 Å². The molecule has 3 N–H and O–H groups in total. The molecular weight excluding hydrogens is 250 g/mol. The van der Waals surface area contributed by atoms with Crippen LogP contribution < -0.4 is 11.3 Å². The van der Waals surface area contributed by atoms with Crippen molar-refractivity contribution in [1.82, 2.24) is 10.3 Å². The maximum absolute atomic E-state index is 5.98. The molecule has 0 radical (unpaired) electrons. The highest BCUT2D eigenvalue weighted by molar-refractivity contribution is 4.98. The van der Waals surface area contributed by atoms with Crippen molar-refractivity contribution in [2.24, 2.45) is 17.7 Å².